The van der Waals surface area contributed by atoms with Gasteiger partial charge >= 0.3 is 0 Å². The van der Waals surface area contributed by atoms with Crippen LogP contribution in [0.15, 0.2) is 12.4 Å². The van der Waals surface area contributed by atoms with Gasteiger partial charge in [-0.2, -0.15) is 0 Å². The standard InChI is InChI=1S/C14H20ClN3S/c1-3-4-11(5-6-15)8-16-13-12-7-10(2)19-14(12)18-9-17-13/h7,9,11H,3-6,8H2,1-2H3,(H,16,17,18). The Balaban J connectivity index is 2.08. The molecule has 1 N–H and O–H groups in total. The molecule has 2 rings (SSSR count). The molecule has 0 aromatic carbocycles. The van der Waals surface area contributed by atoms with E-state index in [4.69, 9.17) is 11.6 Å². The van der Waals surface area contributed by atoms with Gasteiger partial charge in [-0.25, -0.2) is 9.97 Å². The van der Waals surface area contributed by atoms with E-state index >= 15 is 0 Å². The highest BCUT2D eigenvalue weighted by molar-refractivity contribution is 7.18. The SMILES string of the molecule is CCCC(CCCl)CNc1ncnc2sc(C)cc12. The third kappa shape index (κ3) is 3.80. The number of fused-ring (bicyclic) bond motifs is 1. The first-order valence-corrected chi connectivity index (χ1v) is 8.10. The van der Waals surface area contributed by atoms with Crippen molar-refractivity contribution in [3.63, 3.8) is 0 Å². The van der Waals surface area contributed by atoms with E-state index in [1.165, 1.54) is 17.7 Å². The number of nitrogens with zero attached hydrogens (tertiary/aromatic N) is 2. The van der Waals surface area contributed by atoms with Gasteiger partial charge in [0, 0.05) is 17.3 Å². The number of halogens is 1. The number of hydrogen-bond acceptors (Lipinski definition) is 4. The number of aryl methyl sites for hydroxylation is 1. The van der Waals surface area contributed by atoms with E-state index in [9.17, 15) is 0 Å². The molecule has 104 valence electrons. The van der Waals surface area contributed by atoms with Gasteiger partial charge in [0.1, 0.15) is 17.0 Å². The molecule has 0 spiro atoms. The van der Waals surface area contributed by atoms with Crippen LogP contribution in [0.25, 0.3) is 10.2 Å². The number of aromatic nitrogens is 2. The van der Waals surface area contributed by atoms with Gasteiger partial charge in [-0.15, -0.1) is 22.9 Å². The third-order valence-corrected chi connectivity index (χ3v) is 4.40. The van der Waals surface area contributed by atoms with Crippen LogP contribution in [0.2, 0.25) is 0 Å². The molecule has 0 bridgehead atoms. The number of nitrogens with one attached hydrogen (secondary N) is 1. The van der Waals surface area contributed by atoms with Crippen LogP contribution in [-0.2, 0) is 0 Å². The van der Waals surface area contributed by atoms with Gasteiger partial charge in [-0.05, 0) is 31.7 Å². The highest BCUT2D eigenvalue weighted by atomic mass is 35.5. The van der Waals surface area contributed by atoms with Crippen molar-refractivity contribution in [1.29, 1.82) is 0 Å². The average Bonchev–Trinajstić information content (AvgIpc) is 2.77. The summed E-state index contributed by atoms with van der Waals surface area (Å²) in [6, 6.07) is 2.15. The minimum atomic E-state index is 0.618. The number of rotatable bonds is 7. The van der Waals surface area contributed by atoms with E-state index in [1.54, 1.807) is 17.7 Å². The molecular weight excluding hydrogens is 278 g/mol. The summed E-state index contributed by atoms with van der Waals surface area (Å²) in [5, 5.41) is 4.60. The third-order valence-electron chi connectivity index (χ3n) is 3.23. The van der Waals surface area contributed by atoms with Crippen LogP contribution >= 0.6 is 22.9 Å². The van der Waals surface area contributed by atoms with Gasteiger partial charge in [0.2, 0.25) is 0 Å². The Morgan fingerprint density at radius 2 is 2.21 bits per heavy atom. The minimum absolute atomic E-state index is 0.618. The first-order valence-electron chi connectivity index (χ1n) is 6.75. The second kappa shape index (κ2) is 7.06. The Bertz CT molecular complexity index is 520. The summed E-state index contributed by atoms with van der Waals surface area (Å²) < 4.78 is 0. The fourth-order valence-electron chi connectivity index (χ4n) is 2.27. The summed E-state index contributed by atoms with van der Waals surface area (Å²) in [5.41, 5.74) is 0. The Kier molecular flexibility index (Phi) is 5.40. The summed E-state index contributed by atoms with van der Waals surface area (Å²) in [6.45, 7) is 5.25. The predicted octanol–water partition coefficient (Wildman–Crippen LogP) is 4.46. The molecule has 0 aliphatic carbocycles. The molecule has 2 heterocycles. The van der Waals surface area contributed by atoms with Gasteiger partial charge in [0.05, 0.1) is 5.39 Å². The zero-order valence-corrected chi connectivity index (χ0v) is 13.0. The number of alkyl halides is 1. The summed E-state index contributed by atoms with van der Waals surface area (Å²) in [7, 11) is 0. The monoisotopic (exact) mass is 297 g/mol. The number of thiophene rings is 1. The van der Waals surface area contributed by atoms with Crippen molar-refractivity contribution >= 4 is 39.0 Å². The van der Waals surface area contributed by atoms with E-state index in [2.05, 4.69) is 35.2 Å². The molecule has 2 aromatic rings. The van der Waals surface area contributed by atoms with Crippen molar-refractivity contribution in [2.45, 2.75) is 33.1 Å². The van der Waals surface area contributed by atoms with Gasteiger partial charge in [0.25, 0.3) is 0 Å². The van der Waals surface area contributed by atoms with Crippen LogP contribution in [0.5, 0.6) is 0 Å². The van der Waals surface area contributed by atoms with Gasteiger partial charge in [0.15, 0.2) is 0 Å². The van der Waals surface area contributed by atoms with Crippen LogP contribution in [0, 0.1) is 12.8 Å². The van der Waals surface area contributed by atoms with Gasteiger partial charge in [-0.3, -0.25) is 0 Å². The Morgan fingerprint density at radius 1 is 1.37 bits per heavy atom. The lowest BCUT2D eigenvalue weighted by Crippen LogP contribution is -2.15. The van der Waals surface area contributed by atoms with Crippen molar-refractivity contribution in [3.8, 4) is 0 Å². The smallest absolute Gasteiger partial charge is 0.138 e. The molecule has 0 aliphatic rings. The zero-order valence-electron chi connectivity index (χ0n) is 11.4. The van der Waals surface area contributed by atoms with Crippen molar-refractivity contribution in [2.24, 2.45) is 5.92 Å². The van der Waals surface area contributed by atoms with E-state index in [0.29, 0.717) is 5.92 Å². The molecule has 1 atom stereocenters. The first-order chi connectivity index (χ1) is 9.24. The van der Waals surface area contributed by atoms with Crippen LogP contribution in [-0.4, -0.2) is 22.4 Å². The molecule has 0 fully saturated rings. The van der Waals surface area contributed by atoms with E-state index in [0.717, 1.165) is 34.9 Å². The molecule has 0 amide bonds. The lowest BCUT2D eigenvalue weighted by Gasteiger charge is -2.16. The lowest BCUT2D eigenvalue weighted by molar-refractivity contribution is 0.490. The Hall–Kier alpha value is -0.870. The Labute approximate surface area is 123 Å². The predicted molar refractivity (Wildman–Crippen MR) is 84.4 cm³/mol. The quantitative estimate of drug-likeness (QED) is 0.767. The molecule has 0 saturated heterocycles. The van der Waals surface area contributed by atoms with Gasteiger partial charge < -0.3 is 5.32 Å². The van der Waals surface area contributed by atoms with Crippen molar-refractivity contribution in [3.05, 3.63) is 17.3 Å². The van der Waals surface area contributed by atoms with Crippen molar-refractivity contribution in [2.75, 3.05) is 17.7 Å². The summed E-state index contributed by atoms with van der Waals surface area (Å²) >= 11 is 7.57. The maximum Gasteiger partial charge on any atom is 0.138 e. The van der Waals surface area contributed by atoms with Crippen molar-refractivity contribution in [1.82, 2.24) is 9.97 Å². The number of hydrogen-bond donors (Lipinski definition) is 1. The topological polar surface area (TPSA) is 37.8 Å². The molecule has 0 saturated carbocycles. The van der Waals surface area contributed by atoms with Gasteiger partial charge in [-0.1, -0.05) is 13.3 Å². The zero-order chi connectivity index (χ0) is 13.7. The highest BCUT2D eigenvalue weighted by Gasteiger charge is 2.10. The molecule has 19 heavy (non-hydrogen) atoms. The van der Waals surface area contributed by atoms with E-state index in [1.807, 2.05) is 0 Å². The molecule has 1 unspecified atom stereocenters. The second-order valence-corrected chi connectivity index (χ2v) is 6.42. The molecule has 3 nitrogen and oxygen atoms in total. The number of anilines is 1. The fraction of sp³-hybridized carbons (Fsp3) is 0.571. The molecular formula is C14H20ClN3S. The van der Waals surface area contributed by atoms with Crippen LogP contribution in [0.1, 0.15) is 31.1 Å². The summed E-state index contributed by atoms with van der Waals surface area (Å²) in [6.07, 6.45) is 5.09. The summed E-state index contributed by atoms with van der Waals surface area (Å²) in [4.78, 5) is 11.0. The normalized spacial score (nSPS) is 12.8. The fourth-order valence-corrected chi connectivity index (χ4v) is 3.42. The molecule has 2 aromatic heterocycles. The highest BCUT2D eigenvalue weighted by Crippen LogP contribution is 2.27. The van der Waals surface area contributed by atoms with Crippen LogP contribution in [0.4, 0.5) is 5.82 Å². The molecule has 5 heteroatoms. The molecule has 0 aliphatic heterocycles. The average molecular weight is 298 g/mol. The maximum atomic E-state index is 5.86. The lowest BCUT2D eigenvalue weighted by atomic mass is 10.0. The van der Waals surface area contributed by atoms with Crippen LogP contribution in [0.3, 0.4) is 0 Å². The Morgan fingerprint density at radius 3 is 2.95 bits per heavy atom. The van der Waals surface area contributed by atoms with E-state index in [-0.39, 0.29) is 0 Å². The maximum absolute atomic E-state index is 5.86. The summed E-state index contributed by atoms with van der Waals surface area (Å²) in [5.74, 6) is 2.29. The largest absolute Gasteiger partial charge is 0.369 e. The first kappa shape index (κ1) is 14.5. The second-order valence-electron chi connectivity index (χ2n) is 4.81. The minimum Gasteiger partial charge on any atom is -0.369 e. The molecule has 0 radical (unpaired) electrons. The van der Waals surface area contributed by atoms with Crippen molar-refractivity contribution < 1.29 is 0 Å². The van der Waals surface area contributed by atoms with Crippen LogP contribution < -0.4 is 5.32 Å². The van der Waals surface area contributed by atoms with E-state index < -0.39 is 0 Å².